The SMILES string of the molecule is CC(C)(C)OC(=O)N1CCO[C@@H](c2ccc(Br)cc2)C1.Cl. The fraction of sp³-hybridized carbons (Fsp3) is 0.533. The van der Waals surface area contributed by atoms with Crippen molar-refractivity contribution in [2.75, 3.05) is 19.7 Å². The smallest absolute Gasteiger partial charge is 0.410 e. The highest BCUT2D eigenvalue weighted by atomic mass is 79.9. The summed E-state index contributed by atoms with van der Waals surface area (Å²) < 4.78 is 12.2. The van der Waals surface area contributed by atoms with E-state index in [1.54, 1.807) is 4.90 Å². The van der Waals surface area contributed by atoms with E-state index in [2.05, 4.69) is 15.9 Å². The van der Waals surface area contributed by atoms with Gasteiger partial charge in [0.05, 0.1) is 13.2 Å². The van der Waals surface area contributed by atoms with Gasteiger partial charge in [-0.2, -0.15) is 0 Å². The van der Waals surface area contributed by atoms with Gasteiger partial charge in [-0.05, 0) is 38.5 Å². The fourth-order valence-electron chi connectivity index (χ4n) is 2.02. The summed E-state index contributed by atoms with van der Waals surface area (Å²) in [5.74, 6) is 0. The van der Waals surface area contributed by atoms with Crippen LogP contribution in [0.15, 0.2) is 28.7 Å². The second-order valence-corrected chi connectivity index (χ2v) is 6.75. The number of ether oxygens (including phenoxy) is 2. The number of hydrogen-bond acceptors (Lipinski definition) is 3. The molecular weight excluding hydrogens is 358 g/mol. The lowest BCUT2D eigenvalue weighted by molar-refractivity contribution is -0.0432. The second kappa shape index (κ2) is 7.47. The van der Waals surface area contributed by atoms with Gasteiger partial charge in [0.2, 0.25) is 0 Å². The Hall–Kier alpha value is -0.780. The highest BCUT2D eigenvalue weighted by Gasteiger charge is 2.28. The summed E-state index contributed by atoms with van der Waals surface area (Å²) in [4.78, 5) is 13.8. The Balaban J connectivity index is 0.00000220. The van der Waals surface area contributed by atoms with E-state index in [0.29, 0.717) is 19.7 Å². The first kappa shape index (κ1) is 18.3. The minimum atomic E-state index is -0.470. The lowest BCUT2D eigenvalue weighted by Gasteiger charge is -2.34. The average molecular weight is 379 g/mol. The first-order valence-electron chi connectivity index (χ1n) is 6.70. The van der Waals surface area contributed by atoms with Crippen LogP contribution in [-0.2, 0) is 9.47 Å². The lowest BCUT2D eigenvalue weighted by atomic mass is 10.1. The first-order valence-corrected chi connectivity index (χ1v) is 7.49. The van der Waals surface area contributed by atoms with E-state index in [1.807, 2.05) is 45.0 Å². The van der Waals surface area contributed by atoms with Crippen LogP contribution >= 0.6 is 28.3 Å². The van der Waals surface area contributed by atoms with Gasteiger partial charge >= 0.3 is 6.09 Å². The van der Waals surface area contributed by atoms with E-state index < -0.39 is 5.60 Å². The van der Waals surface area contributed by atoms with E-state index in [0.717, 1.165) is 10.0 Å². The number of halogens is 2. The molecule has 1 amide bonds. The maximum Gasteiger partial charge on any atom is 0.410 e. The molecule has 6 heteroatoms. The van der Waals surface area contributed by atoms with Crippen molar-refractivity contribution in [3.05, 3.63) is 34.3 Å². The molecule has 2 rings (SSSR count). The van der Waals surface area contributed by atoms with Gasteiger partial charge in [-0.25, -0.2) is 4.79 Å². The normalized spacial score (nSPS) is 18.9. The highest BCUT2D eigenvalue weighted by molar-refractivity contribution is 9.10. The molecule has 0 bridgehead atoms. The van der Waals surface area contributed by atoms with Gasteiger partial charge < -0.3 is 14.4 Å². The number of carbonyl (C=O) groups is 1. The number of amides is 1. The molecule has 1 heterocycles. The van der Waals surface area contributed by atoms with E-state index in [-0.39, 0.29) is 24.6 Å². The van der Waals surface area contributed by atoms with Crippen molar-refractivity contribution in [3.8, 4) is 0 Å². The van der Waals surface area contributed by atoms with Crippen LogP contribution in [0.4, 0.5) is 4.79 Å². The Morgan fingerprint density at radius 1 is 1.33 bits per heavy atom. The molecule has 1 aliphatic rings. The molecule has 118 valence electrons. The predicted octanol–water partition coefficient (Wildman–Crippen LogP) is 4.18. The molecule has 0 aliphatic carbocycles. The topological polar surface area (TPSA) is 38.8 Å². The Morgan fingerprint density at radius 3 is 2.52 bits per heavy atom. The summed E-state index contributed by atoms with van der Waals surface area (Å²) in [6.45, 7) is 7.24. The summed E-state index contributed by atoms with van der Waals surface area (Å²) in [6, 6.07) is 7.97. The molecule has 0 radical (unpaired) electrons. The number of carbonyl (C=O) groups excluding carboxylic acids is 1. The van der Waals surface area contributed by atoms with Crippen LogP contribution < -0.4 is 0 Å². The van der Waals surface area contributed by atoms with Crippen molar-refractivity contribution >= 4 is 34.4 Å². The van der Waals surface area contributed by atoms with Crippen molar-refractivity contribution < 1.29 is 14.3 Å². The molecule has 0 saturated carbocycles. The van der Waals surface area contributed by atoms with Gasteiger partial charge in [0, 0.05) is 11.0 Å². The van der Waals surface area contributed by atoms with Crippen LogP contribution in [0.25, 0.3) is 0 Å². The van der Waals surface area contributed by atoms with Gasteiger partial charge in [-0.15, -0.1) is 12.4 Å². The molecule has 1 aromatic carbocycles. The van der Waals surface area contributed by atoms with Crippen molar-refractivity contribution in [2.24, 2.45) is 0 Å². The molecule has 21 heavy (non-hydrogen) atoms. The Labute approximate surface area is 140 Å². The molecule has 0 spiro atoms. The van der Waals surface area contributed by atoms with Crippen LogP contribution in [-0.4, -0.2) is 36.3 Å². The van der Waals surface area contributed by atoms with Crippen molar-refractivity contribution in [3.63, 3.8) is 0 Å². The lowest BCUT2D eigenvalue weighted by Crippen LogP contribution is -2.44. The summed E-state index contributed by atoms with van der Waals surface area (Å²) in [6.07, 6.45) is -0.368. The Kier molecular flexibility index (Phi) is 6.50. The minimum Gasteiger partial charge on any atom is -0.444 e. The van der Waals surface area contributed by atoms with Crippen LogP contribution in [0.3, 0.4) is 0 Å². The van der Waals surface area contributed by atoms with Gasteiger partial charge in [0.1, 0.15) is 11.7 Å². The summed E-state index contributed by atoms with van der Waals surface area (Å²) in [5, 5.41) is 0. The minimum absolute atomic E-state index is 0. The number of benzene rings is 1. The molecule has 4 nitrogen and oxygen atoms in total. The maximum atomic E-state index is 12.1. The summed E-state index contributed by atoms with van der Waals surface area (Å²) in [5.41, 5.74) is 0.601. The van der Waals surface area contributed by atoms with Crippen LogP contribution in [0.5, 0.6) is 0 Å². The summed E-state index contributed by atoms with van der Waals surface area (Å²) in [7, 11) is 0. The largest absolute Gasteiger partial charge is 0.444 e. The van der Waals surface area contributed by atoms with E-state index in [1.165, 1.54) is 0 Å². The molecule has 0 aromatic heterocycles. The molecule has 0 N–H and O–H groups in total. The fourth-order valence-corrected chi connectivity index (χ4v) is 2.29. The quantitative estimate of drug-likeness (QED) is 0.736. The third kappa shape index (κ3) is 5.49. The highest BCUT2D eigenvalue weighted by Crippen LogP contribution is 2.24. The zero-order chi connectivity index (χ0) is 14.8. The second-order valence-electron chi connectivity index (χ2n) is 5.84. The zero-order valence-corrected chi connectivity index (χ0v) is 14.9. The molecule has 1 saturated heterocycles. The average Bonchev–Trinajstić information content (AvgIpc) is 2.38. The molecule has 1 fully saturated rings. The van der Waals surface area contributed by atoms with E-state index >= 15 is 0 Å². The van der Waals surface area contributed by atoms with Gasteiger partial charge in [-0.3, -0.25) is 0 Å². The third-order valence-electron chi connectivity index (χ3n) is 2.96. The molecule has 1 aromatic rings. The summed E-state index contributed by atoms with van der Waals surface area (Å²) >= 11 is 3.41. The standard InChI is InChI=1S/C15H20BrNO3.ClH/c1-15(2,3)20-14(18)17-8-9-19-13(10-17)11-4-6-12(16)7-5-11;/h4-7,13H,8-10H2,1-3H3;1H/t13-;/m1./s1. The first-order chi connectivity index (χ1) is 9.35. The predicted molar refractivity (Wildman–Crippen MR) is 87.9 cm³/mol. The number of rotatable bonds is 1. The van der Waals surface area contributed by atoms with E-state index in [9.17, 15) is 4.79 Å². The molecular formula is C15H21BrClNO3. The molecule has 1 atom stereocenters. The van der Waals surface area contributed by atoms with Gasteiger partial charge in [0.25, 0.3) is 0 Å². The van der Waals surface area contributed by atoms with Crippen molar-refractivity contribution in [1.29, 1.82) is 0 Å². The Morgan fingerprint density at radius 2 is 1.95 bits per heavy atom. The van der Waals surface area contributed by atoms with E-state index in [4.69, 9.17) is 9.47 Å². The monoisotopic (exact) mass is 377 g/mol. The molecule has 1 aliphatic heterocycles. The van der Waals surface area contributed by atoms with Crippen molar-refractivity contribution in [1.82, 2.24) is 4.90 Å². The van der Waals surface area contributed by atoms with Crippen molar-refractivity contribution in [2.45, 2.75) is 32.5 Å². The van der Waals surface area contributed by atoms with Gasteiger partial charge in [-0.1, -0.05) is 28.1 Å². The molecule has 0 unspecified atom stereocenters. The third-order valence-corrected chi connectivity index (χ3v) is 3.49. The zero-order valence-electron chi connectivity index (χ0n) is 12.5. The van der Waals surface area contributed by atoms with Crippen LogP contribution in [0, 0.1) is 0 Å². The number of nitrogens with zero attached hydrogens (tertiary/aromatic N) is 1. The van der Waals surface area contributed by atoms with Crippen LogP contribution in [0.2, 0.25) is 0 Å². The maximum absolute atomic E-state index is 12.1. The number of morpholine rings is 1. The van der Waals surface area contributed by atoms with Crippen LogP contribution in [0.1, 0.15) is 32.4 Å². The number of hydrogen-bond donors (Lipinski definition) is 0. The van der Waals surface area contributed by atoms with Gasteiger partial charge in [0.15, 0.2) is 0 Å². The Bertz CT molecular complexity index is 473.